The monoisotopic (exact) mass is 420 g/mol. The van der Waals surface area contributed by atoms with E-state index in [4.69, 9.17) is 5.73 Å². The van der Waals surface area contributed by atoms with Crippen molar-refractivity contribution in [2.75, 3.05) is 43.5 Å². The number of hydrogen-bond donors (Lipinski definition) is 2. The van der Waals surface area contributed by atoms with E-state index in [2.05, 4.69) is 5.32 Å². The summed E-state index contributed by atoms with van der Waals surface area (Å²) in [5.41, 5.74) is 6.56. The van der Waals surface area contributed by atoms with Crippen molar-refractivity contribution in [2.24, 2.45) is 0 Å². The summed E-state index contributed by atoms with van der Waals surface area (Å²) in [5, 5.41) is 2.66. The summed E-state index contributed by atoms with van der Waals surface area (Å²) in [6, 6.07) is 9.18. The Kier molecular flexibility index (Phi) is 5.73. The predicted molar refractivity (Wildman–Crippen MR) is 107 cm³/mol. The molecule has 2 aromatic carbocycles. The van der Waals surface area contributed by atoms with Gasteiger partial charge in [0, 0.05) is 38.0 Å². The number of nitrogens with two attached hydrogens (primary N) is 1. The molecule has 2 aromatic rings. The summed E-state index contributed by atoms with van der Waals surface area (Å²) < 4.78 is 36.5. The largest absolute Gasteiger partial charge is 0.397 e. The molecule has 1 saturated heterocycles. The zero-order valence-electron chi connectivity index (χ0n) is 15.8. The predicted octanol–water partition coefficient (Wildman–Crippen LogP) is 1.80. The molecule has 0 unspecified atom stereocenters. The number of nitrogen functional groups attached to an aromatic ring is 1. The molecule has 1 fully saturated rings. The van der Waals surface area contributed by atoms with Crippen LogP contribution in [0, 0.1) is 5.82 Å². The van der Waals surface area contributed by atoms with Crippen molar-refractivity contribution in [1.82, 2.24) is 9.80 Å². The molecule has 3 amide bonds. The Morgan fingerprint density at radius 2 is 1.69 bits per heavy atom. The van der Waals surface area contributed by atoms with Gasteiger partial charge < -0.3 is 20.9 Å². The molecule has 0 aliphatic carbocycles. The molecule has 0 spiro atoms. The minimum atomic E-state index is -3.40. The molecule has 1 heterocycles. The van der Waals surface area contributed by atoms with Crippen LogP contribution in [0.15, 0.2) is 47.4 Å². The van der Waals surface area contributed by atoms with Gasteiger partial charge in [-0.2, -0.15) is 0 Å². The number of carbonyl (C=O) groups is 2. The number of nitrogens with one attached hydrogen (secondary N) is 1. The van der Waals surface area contributed by atoms with Crippen LogP contribution in [0.25, 0.3) is 0 Å². The van der Waals surface area contributed by atoms with Crippen molar-refractivity contribution >= 4 is 33.2 Å². The number of halogens is 1. The number of hydrogen-bond acceptors (Lipinski definition) is 5. The molecular weight excluding hydrogens is 399 g/mol. The van der Waals surface area contributed by atoms with Crippen LogP contribution in [0.4, 0.5) is 20.6 Å². The Bertz CT molecular complexity index is 1050. The Labute approximate surface area is 168 Å². The number of amides is 3. The van der Waals surface area contributed by atoms with Crippen molar-refractivity contribution in [3.05, 3.63) is 53.8 Å². The average Bonchev–Trinajstić information content (AvgIpc) is 2.68. The maximum atomic E-state index is 13.3. The summed E-state index contributed by atoms with van der Waals surface area (Å²) in [7, 11) is -3.40. The van der Waals surface area contributed by atoms with Crippen molar-refractivity contribution in [3.63, 3.8) is 0 Å². The van der Waals surface area contributed by atoms with Crippen LogP contribution in [0.5, 0.6) is 0 Å². The third-order valence-corrected chi connectivity index (χ3v) is 5.73. The number of carbonyl (C=O) groups excluding carboxylic acids is 2. The van der Waals surface area contributed by atoms with Crippen LogP contribution in [-0.4, -0.2) is 62.6 Å². The number of benzene rings is 2. The fourth-order valence-electron chi connectivity index (χ4n) is 3.00. The average molecular weight is 420 g/mol. The fraction of sp³-hybridized carbons (Fsp3) is 0.263. The van der Waals surface area contributed by atoms with Gasteiger partial charge in [0.25, 0.3) is 5.91 Å². The SMILES string of the molecule is CS(=O)(=O)c1ccc(NC(=O)N2CCN(C(=O)c3cccc(F)c3)CC2)c(N)c1. The summed E-state index contributed by atoms with van der Waals surface area (Å²) in [5.74, 6) is -0.765. The van der Waals surface area contributed by atoms with Gasteiger partial charge >= 0.3 is 6.03 Å². The minimum Gasteiger partial charge on any atom is -0.397 e. The molecule has 1 aliphatic rings. The van der Waals surface area contributed by atoms with Gasteiger partial charge in [0.1, 0.15) is 5.82 Å². The van der Waals surface area contributed by atoms with E-state index in [0.717, 1.165) is 6.26 Å². The molecule has 1 aliphatic heterocycles. The van der Waals surface area contributed by atoms with Crippen molar-refractivity contribution in [1.29, 1.82) is 0 Å². The lowest BCUT2D eigenvalue weighted by Gasteiger charge is -2.34. The normalized spacial score (nSPS) is 14.6. The first kappa shape index (κ1) is 20.6. The van der Waals surface area contributed by atoms with Gasteiger partial charge in [0.2, 0.25) is 0 Å². The van der Waals surface area contributed by atoms with Crippen molar-refractivity contribution in [2.45, 2.75) is 4.90 Å². The van der Waals surface area contributed by atoms with Crippen LogP contribution in [-0.2, 0) is 9.84 Å². The summed E-state index contributed by atoms with van der Waals surface area (Å²) in [4.78, 5) is 28.1. The first-order valence-corrected chi connectivity index (χ1v) is 10.7. The second-order valence-corrected chi connectivity index (χ2v) is 8.76. The van der Waals surface area contributed by atoms with Crippen LogP contribution in [0.2, 0.25) is 0 Å². The first-order valence-electron chi connectivity index (χ1n) is 8.85. The quantitative estimate of drug-likeness (QED) is 0.736. The van der Waals surface area contributed by atoms with E-state index in [1.54, 1.807) is 11.0 Å². The molecule has 0 radical (unpaired) electrons. The van der Waals surface area contributed by atoms with E-state index in [0.29, 0.717) is 31.9 Å². The van der Waals surface area contributed by atoms with E-state index in [1.165, 1.54) is 41.3 Å². The molecule has 3 N–H and O–H groups in total. The van der Waals surface area contributed by atoms with Crippen LogP contribution < -0.4 is 11.1 Å². The number of anilines is 2. The van der Waals surface area contributed by atoms with E-state index < -0.39 is 21.7 Å². The van der Waals surface area contributed by atoms with Crippen LogP contribution in [0.1, 0.15) is 10.4 Å². The summed E-state index contributed by atoms with van der Waals surface area (Å²) in [6.07, 6.45) is 1.07. The van der Waals surface area contributed by atoms with Gasteiger partial charge in [-0.15, -0.1) is 0 Å². The van der Waals surface area contributed by atoms with Gasteiger partial charge in [0.15, 0.2) is 9.84 Å². The Morgan fingerprint density at radius 1 is 1.03 bits per heavy atom. The zero-order chi connectivity index (χ0) is 21.2. The van der Waals surface area contributed by atoms with E-state index in [9.17, 15) is 22.4 Å². The highest BCUT2D eigenvalue weighted by Crippen LogP contribution is 2.23. The van der Waals surface area contributed by atoms with E-state index in [-0.39, 0.29) is 22.1 Å². The highest BCUT2D eigenvalue weighted by Gasteiger charge is 2.25. The van der Waals surface area contributed by atoms with E-state index >= 15 is 0 Å². The number of piperazine rings is 1. The standard InChI is InChI=1S/C19H21FN4O4S/c1-29(27,28)15-5-6-17(16(21)12-15)22-19(26)24-9-7-23(8-10-24)18(25)13-3-2-4-14(20)11-13/h2-6,11-12H,7-10,21H2,1H3,(H,22,26). The smallest absolute Gasteiger partial charge is 0.322 e. The molecule has 29 heavy (non-hydrogen) atoms. The molecule has 0 saturated carbocycles. The van der Waals surface area contributed by atoms with Gasteiger partial charge in [-0.25, -0.2) is 17.6 Å². The lowest BCUT2D eigenvalue weighted by molar-refractivity contribution is 0.0671. The molecule has 0 aromatic heterocycles. The summed E-state index contributed by atoms with van der Waals surface area (Å²) >= 11 is 0. The molecule has 0 atom stereocenters. The molecular formula is C19H21FN4O4S. The maximum Gasteiger partial charge on any atom is 0.322 e. The third kappa shape index (κ3) is 4.83. The Morgan fingerprint density at radius 3 is 2.28 bits per heavy atom. The molecule has 154 valence electrons. The fourth-order valence-corrected chi connectivity index (χ4v) is 3.65. The Balaban J connectivity index is 1.60. The number of nitrogens with zero attached hydrogens (tertiary/aromatic N) is 2. The lowest BCUT2D eigenvalue weighted by atomic mass is 10.2. The van der Waals surface area contributed by atoms with Crippen molar-refractivity contribution < 1.29 is 22.4 Å². The second-order valence-electron chi connectivity index (χ2n) is 6.74. The highest BCUT2D eigenvalue weighted by molar-refractivity contribution is 7.90. The number of rotatable bonds is 3. The minimum absolute atomic E-state index is 0.0671. The third-order valence-electron chi connectivity index (χ3n) is 4.62. The summed E-state index contributed by atoms with van der Waals surface area (Å²) in [6.45, 7) is 1.22. The molecule has 8 nitrogen and oxygen atoms in total. The van der Waals surface area contributed by atoms with Crippen molar-refractivity contribution in [3.8, 4) is 0 Å². The van der Waals surface area contributed by atoms with Gasteiger partial charge in [-0.05, 0) is 36.4 Å². The zero-order valence-corrected chi connectivity index (χ0v) is 16.6. The second kappa shape index (κ2) is 8.08. The molecule has 0 bridgehead atoms. The first-order chi connectivity index (χ1) is 13.6. The number of sulfone groups is 1. The highest BCUT2D eigenvalue weighted by atomic mass is 32.2. The van der Waals surface area contributed by atoms with Gasteiger partial charge in [-0.3, -0.25) is 4.79 Å². The Hall–Kier alpha value is -3.14. The van der Waals surface area contributed by atoms with Crippen LogP contribution >= 0.6 is 0 Å². The lowest BCUT2D eigenvalue weighted by Crippen LogP contribution is -2.51. The molecule has 10 heteroatoms. The van der Waals surface area contributed by atoms with Crippen LogP contribution in [0.3, 0.4) is 0 Å². The van der Waals surface area contributed by atoms with Gasteiger partial charge in [-0.1, -0.05) is 6.07 Å². The topological polar surface area (TPSA) is 113 Å². The molecule has 3 rings (SSSR count). The number of urea groups is 1. The van der Waals surface area contributed by atoms with E-state index in [1.807, 2.05) is 0 Å². The van der Waals surface area contributed by atoms with Gasteiger partial charge in [0.05, 0.1) is 16.3 Å². The maximum absolute atomic E-state index is 13.3.